The molecule has 1 atom stereocenters. The second-order valence-corrected chi connectivity index (χ2v) is 6.79. The van der Waals surface area contributed by atoms with Crippen LogP contribution in [0.5, 0.6) is 5.88 Å². The third-order valence-corrected chi connectivity index (χ3v) is 4.66. The van der Waals surface area contributed by atoms with Gasteiger partial charge in [0.25, 0.3) is 5.91 Å². The summed E-state index contributed by atoms with van der Waals surface area (Å²) >= 11 is 6.06. The fraction of sp³-hybridized carbons (Fsp3) is 0.150. The van der Waals surface area contributed by atoms with Crippen LogP contribution in [0.2, 0.25) is 0 Å². The topological polar surface area (TPSA) is 79.5 Å². The summed E-state index contributed by atoms with van der Waals surface area (Å²) in [7, 11) is 0. The SMILES string of the molecule is O=C(NCc1ccccc1)c1cnn2c(O)cc(C3=CCC(Cl)C=C3)nc12. The summed E-state index contributed by atoms with van der Waals surface area (Å²) in [4.78, 5) is 17.1. The maximum absolute atomic E-state index is 12.6. The zero-order chi connectivity index (χ0) is 18.8. The monoisotopic (exact) mass is 380 g/mol. The van der Waals surface area contributed by atoms with E-state index in [0.717, 1.165) is 11.1 Å². The first-order valence-corrected chi connectivity index (χ1v) is 8.98. The van der Waals surface area contributed by atoms with Crippen LogP contribution >= 0.6 is 11.6 Å². The maximum Gasteiger partial charge on any atom is 0.257 e. The van der Waals surface area contributed by atoms with Gasteiger partial charge in [-0.3, -0.25) is 4.79 Å². The number of alkyl halides is 1. The molecule has 2 N–H and O–H groups in total. The highest BCUT2D eigenvalue weighted by Crippen LogP contribution is 2.26. The number of carbonyl (C=O) groups excluding carboxylic acids is 1. The van der Waals surface area contributed by atoms with Gasteiger partial charge in [0.2, 0.25) is 5.88 Å². The molecule has 0 saturated heterocycles. The minimum Gasteiger partial charge on any atom is -0.493 e. The van der Waals surface area contributed by atoms with Gasteiger partial charge in [0, 0.05) is 12.6 Å². The zero-order valence-corrected chi connectivity index (χ0v) is 15.1. The van der Waals surface area contributed by atoms with E-state index >= 15 is 0 Å². The number of rotatable bonds is 4. The maximum atomic E-state index is 12.6. The number of amides is 1. The normalized spacial score (nSPS) is 16.3. The molecule has 0 radical (unpaired) electrons. The molecule has 1 aliphatic rings. The summed E-state index contributed by atoms with van der Waals surface area (Å²) in [5.74, 6) is -0.383. The lowest BCUT2D eigenvalue weighted by Crippen LogP contribution is -2.22. The number of allylic oxidation sites excluding steroid dienone is 4. The predicted molar refractivity (Wildman–Crippen MR) is 104 cm³/mol. The second-order valence-electron chi connectivity index (χ2n) is 6.23. The Morgan fingerprint density at radius 3 is 2.89 bits per heavy atom. The second kappa shape index (κ2) is 7.25. The lowest BCUT2D eigenvalue weighted by molar-refractivity contribution is 0.0952. The van der Waals surface area contributed by atoms with Crippen LogP contribution in [0.3, 0.4) is 0 Å². The van der Waals surface area contributed by atoms with E-state index in [4.69, 9.17) is 11.6 Å². The number of aromatic hydroxyl groups is 1. The molecule has 4 rings (SSSR count). The smallest absolute Gasteiger partial charge is 0.257 e. The lowest BCUT2D eigenvalue weighted by Gasteiger charge is -2.11. The third-order valence-electron chi connectivity index (χ3n) is 4.34. The van der Waals surface area contributed by atoms with Crippen molar-refractivity contribution < 1.29 is 9.90 Å². The molecule has 7 heteroatoms. The van der Waals surface area contributed by atoms with Gasteiger partial charge in [0.1, 0.15) is 5.56 Å². The predicted octanol–water partition coefficient (Wildman–Crippen LogP) is 3.32. The molecule has 136 valence electrons. The van der Waals surface area contributed by atoms with Gasteiger partial charge < -0.3 is 10.4 Å². The molecule has 0 saturated carbocycles. The van der Waals surface area contributed by atoms with Crippen LogP contribution in [0.25, 0.3) is 11.2 Å². The first kappa shape index (κ1) is 17.3. The minimum atomic E-state index is -0.299. The summed E-state index contributed by atoms with van der Waals surface area (Å²) < 4.78 is 1.25. The fourth-order valence-corrected chi connectivity index (χ4v) is 3.07. The van der Waals surface area contributed by atoms with Gasteiger partial charge in [-0.1, -0.05) is 48.6 Å². The number of hydrogen-bond donors (Lipinski definition) is 2. The van der Waals surface area contributed by atoms with Crippen molar-refractivity contribution in [2.45, 2.75) is 18.3 Å². The average Bonchev–Trinajstić information content (AvgIpc) is 3.12. The van der Waals surface area contributed by atoms with Crippen LogP contribution in [0.4, 0.5) is 0 Å². The van der Waals surface area contributed by atoms with Crippen LogP contribution in [-0.2, 0) is 6.54 Å². The largest absolute Gasteiger partial charge is 0.493 e. The van der Waals surface area contributed by atoms with Crippen LogP contribution in [0.1, 0.15) is 28.0 Å². The number of benzene rings is 1. The van der Waals surface area contributed by atoms with Gasteiger partial charge in [-0.05, 0) is 17.6 Å². The highest BCUT2D eigenvalue weighted by Gasteiger charge is 2.18. The van der Waals surface area contributed by atoms with E-state index in [1.54, 1.807) is 0 Å². The Morgan fingerprint density at radius 1 is 1.33 bits per heavy atom. The molecule has 1 aliphatic carbocycles. The van der Waals surface area contributed by atoms with Crippen molar-refractivity contribution in [1.82, 2.24) is 19.9 Å². The van der Waals surface area contributed by atoms with E-state index < -0.39 is 0 Å². The number of fused-ring (bicyclic) bond motifs is 1. The Kier molecular flexibility index (Phi) is 4.64. The molecule has 6 nitrogen and oxygen atoms in total. The molecule has 1 aromatic carbocycles. The summed E-state index contributed by atoms with van der Waals surface area (Å²) in [6, 6.07) is 11.1. The van der Waals surface area contributed by atoms with Crippen molar-refractivity contribution in [2.24, 2.45) is 0 Å². The molecule has 3 aromatic rings. The van der Waals surface area contributed by atoms with Gasteiger partial charge in [-0.25, -0.2) is 4.98 Å². The zero-order valence-electron chi connectivity index (χ0n) is 14.3. The lowest BCUT2D eigenvalue weighted by atomic mass is 10.0. The molecule has 0 bridgehead atoms. The van der Waals surface area contributed by atoms with Crippen LogP contribution in [-0.4, -0.2) is 31.0 Å². The summed E-state index contributed by atoms with van der Waals surface area (Å²) in [5.41, 5.74) is 3.02. The Hall–Kier alpha value is -3.12. The van der Waals surface area contributed by atoms with Crippen LogP contribution < -0.4 is 5.32 Å². The molecule has 1 amide bonds. The van der Waals surface area contributed by atoms with Gasteiger partial charge in [0.05, 0.1) is 17.3 Å². The number of nitrogens with zero attached hydrogens (tertiary/aromatic N) is 3. The highest BCUT2D eigenvalue weighted by atomic mass is 35.5. The first-order valence-electron chi connectivity index (χ1n) is 8.54. The average molecular weight is 381 g/mol. The number of aromatic nitrogens is 3. The fourth-order valence-electron chi connectivity index (χ4n) is 2.91. The van der Waals surface area contributed by atoms with Crippen LogP contribution in [0.15, 0.2) is 60.8 Å². The quantitative estimate of drug-likeness (QED) is 0.680. The Balaban J connectivity index is 1.63. The van der Waals surface area contributed by atoms with Crippen molar-refractivity contribution in [3.63, 3.8) is 0 Å². The molecule has 27 heavy (non-hydrogen) atoms. The Labute approximate surface area is 160 Å². The van der Waals surface area contributed by atoms with Crippen molar-refractivity contribution in [3.8, 4) is 5.88 Å². The van der Waals surface area contributed by atoms with Crippen molar-refractivity contribution >= 4 is 28.7 Å². The molecule has 1 unspecified atom stereocenters. The van der Waals surface area contributed by atoms with E-state index in [9.17, 15) is 9.90 Å². The summed E-state index contributed by atoms with van der Waals surface area (Å²) in [6.07, 6.45) is 7.80. The van der Waals surface area contributed by atoms with Gasteiger partial charge >= 0.3 is 0 Å². The standard InChI is InChI=1S/C20H17ClN4O2/c21-15-8-6-14(7-9-15)17-10-18(26)25-19(24-17)16(12-23-25)20(27)22-11-13-4-2-1-3-5-13/h1-8,10,12,15,26H,9,11H2,(H,22,27). The van der Waals surface area contributed by atoms with Gasteiger partial charge in [-0.2, -0.15) is 9.61 Å². The molecule has 0 fully saturated rings. The number of halogens is 1. The summed E-state index contributed by atoms with van der Waals surface area (Å²) in [6.45, 7) is 0.397. The van der Waals surface area contributed by atoms with E-state index in [1.807, 2.05) is 48.6 Å². The van der Waals surface area contributed by atoms with E-state index in [2.05, 4.69) is 15.4 Å². The highest BCUT2D eigenvalue weighted by molar-refractivity contribution is 6.22. The minimum absolute atomic E-state index is 0.0413. The van der Waals surface area contributed by atoms with Crippen molar-refractivity contribution in [1.29, 1.82) is 0 Å². The third kappa shape index (κ3) is 3.57. The van der Waals surface area contributed by atoms with E-state index in [-0.39, 0.29) is 17.2 Å². The molecule has 0 aliphatic heterocycles. The molecule has 2 heterocycles. The molecular weight excluding hydrogens is 364 g/mol. The summed E-state index contributed by atoms with van der Waals surface area (Å²) in [5, 5.41) is 17.2. The molecule has 2 aromatic heterocycles. The van der Waals surface area contributed by atoms with Crippen molar-refractivity contribution in [3.05, 3.63) is 77.6 Å². The number of hydrogen-bond acceptors (Lipinski definition) is 4. The van der Waals surface area contributed by atoms with Gasteiger partial charge in [-0.15, -0.1) is 11.6 Å². The first-order chi connectivity index (χ1) is 13.1. The number of nitrogens with one attached hydrogen (secondary N) is 1. The molecule has 0 spiro atoms. The van der Waals surface area contributed by atoms with Crippen LogP contribution in [0, 0.1) is 0 Å². The Bertz CT molecular complexity index is 1060. The van der Waals surface area contributed by atoms with Gasteiger partial charge in [0.15, 0.2) is 5.65 Å². The molecular formula is C20H17ClN4O2. The van der Waals surface area contributed by atoms with Crippen molar-refractivity contribution in [2.75, 3.05) is 0 Å². The Morgan fingerprint density at radius 2 is 2.15 bits per heavy atom. The van der Waals surface area contributed by atoms with E-state index in [0.29, 0.717) is 29.9 Å². The number of carbonyl (C=O) groups is 1. The van der Waals surface area contributed by atoms with E-state index in [1.165, 1.54) is 16.8 Å².